The maximum atomic E-state index is 11.9. The summed E-state index contributed by atoms with van der Waals surface area (Å²) >= 11 is 1.56. The van der Waals surface area contributed by atoms with Crippen LogP contribution in [0, 0.1) is 6.92 Å². The van der Waals surface area contributed by atoms with Gasteiger partial charge in [-0.2, -0.15) is 0 Å². The third-order valence-corrected chi connectivity index (χ3v) is 3.92. The zero-order valence-corrected chi connectivity index (χ0v) is 10.7. The largest absolute Gasteiger partial charge is 0.347 e. The van der Waals surface area contributed by atoms with Gasteiger partial charge in [-0.25, -0.2) is 4.98 Å². The van der Waals surface area contributed by atoms with Gasteiger partial charge in [0, 0.05) is 17.3 Å². The normalized spacial score (nSPS) is 10.5. The van der Waals surface area contributed by atoms with E-state index in [0.717, 1.165) is 17.1 Å². The molecule has 0 aliphatic heterocycles. The first-order valence-corrected chi connectivity index (χ1v) is 6.38. The van der Waals surface area contributed by atoms with Crippen molar-refractivity contribution in [3.8, 4) is 0 Å². The Morgan fingerprint density at radius 2 is 2.41 bits per heavy atom. The summed E-state index contributed by atoms with van der Waals surface area (Å²) in [6, 6.07) is 1.95. The molecular formula is C12H15N3OS. The number of H-pyrrole nitrogens is 1. The molecule has 0 aliphatic rings. The second kappa shape index (κ2) is 5.14. The molecule has 0 spiro atoms. The van der Waals surface area contributed by atoms with Crippen LogP contribution in [0.5, 0.6) is 0 Å². The molecule has 4 nitrogen and oxygen atoms in total. The Labute approximate surface area is 104 Å². The third-order valence-electron chi connectivity index (χ3n) is 2.54. The summed E-state index contributed by atoms with van der Waals surface area (Å²) in [6.07, 6.45) is 4.39. The van der Waals surface area contributed by atoms with Crippen LogP contribution >= 0.6 is 11.3 Å². The molecule has 0 saturated carbocycles. The Morgan fingerprint density at radius 1 is 1.59 bits per heavy atom. The van der Waals surface area contributed by atoms with E-state index in [9.17, 15) is 4.79 Å². The van der Waals surface area contributed by atoms with Gasteiger partial charge in [-0.15, -0.1) is 11.3 Å². The number of carbonyl (C=O) groups excluding carboxylic acids is 1. The minimum Gasteiger partial charge on any atom is -0.347 e. The fraction of sp³-hybridized carbons (Fsp3) is 0.333. The van der Waals surface area contributed by atoms with Gasteiger partial charge in [-0.05, 0) is 25.0 Å². The average Bonchev–Trinajstić information content (AvgIpc) is 2.94. The number of amides is 1. The first-order valence-electron chi connectivity index (χ1n) is 5.56. The number of nitrogens with zero attached hydrogens (tertiary/aromatic N) is 1. The zero-order chi connectivity index (χ0) is 12.3. The summed E-state index contributed by atoms with van der Waals surface area (Å²) in [7, 11) is 0. The standard InChI is InChI=1S/C12H15N3OS/c1-3-9-8(2)6-10(17-9)12(16)15-7-11-13-4-5-14-11/h4-6H,3,7H2,1-2H3,(H,13,14)(H,15,16). The number of aromatic nitrogens is 2. The predicted octanol–water partition coefficient (Wildman–Crippen LogP) is 2.27. The Balaban J connectivity index is 1.99. The van der Waals surface area contributed by atoms with Crippen molar-refractivity contribution in [2.24, 2.45) is 0 Å². The minimum atomic E-state index is -0.0331. The first-order chi connectivity index (χ1) is 8.20. The molecule has 0 atom stereocenters. The number of carbonyl (C=O) groups is 1. The van der Waals surface area contributed by atoms with Gasteiger partial charge in [0.05, 0.1) is 11.4 Å². The Kier molecular flexibility index (Phi) is 3.58. The number of hydrogen-bond donors (Lipinski definition) is 2. The van der Waals surface area contributed by atoms with Crippen molar-refractivity contribution < 1.29 is 4.79 Å². The highest BCUT2D eigenvalue weighted by molar-refractivity contribution is 7.14. The molecule has 2 heterocycles. The van der Waals surface area contributed by atoms with Gasteiger partial charge in [0.1, 0.15) is 5.82 Å². The number of hydrogen-bond acceptors (Lipinski definition) is 3. The van der Waals surface area contributed by atoms with Crippen LogP contribution in [0.2, 0.25) is 0 Å². The van der Waals surface area contributed by atoms with Crippen LogP contribution in [0.4, 0.5) is 0 Å². The number of imidazole rings is 1. The van der Waals surface area contributed by atoms with E-state index in [1.807, 2.05) is 13.0 Å². The van der Waals surface area contributed by atoms with E-state index in [1.165, 1.54) is 10.4 Å². The lowest BCUT2D eigenvalue weighted by Crippen LogP contribution is -2.22. The van der Waals surface area contributed by atoms with Crippen molar-refractivity contribution in [2.75, 3.05) is 0 Å². The maximum Gasteiger partial charge on any atom is 0.261 e. The van der Waals surface area contributed by atoms with Crippen LogP contribution in [0.3, 0.4) is 0 Å². The van der Waals surface area contributed by atoms with Gasteiger partial charge in [0.2, 0.25) is 0 Å². The molecule has 0 unspecified atom stereocenters. The zero-order valence-electron chi connectivity index (χ0n) is 9.91. The van der Waals surface area contributed by atoms with E-state index in [2.05, 4.69) is 22.2 Å². The smallest absolute Gasteiger partial charge is 0.261 e. The molecule has 2 aromatic rings. The molecule has 0 aromatic carbocycles. The highest BCUT2D eigenvalue weighted by Gasteiger charge is 2.11. The van der Waals surface area contributed by atoms with Gasteiger partial charge in [-0.1, -0.05) is 6.92 Å². The molecule has 1 amide bonds. The molecule has 2 rings (SSSR count). The number of rotatable bonds is 4. The number of thiophene rings is 1. The second-order valence-electron chi connectivity index (χ2n) is 3.79. The molecule has 0 saturated heterocycles. The summed E-state index contributed by atoms with van der Waals surface area (Å²) in [6.45, 7) is 4.58. The molecule has 0 bridgehead atoms. The number of nitrogens with one attached hydrogen (secondary N) is 2. The van der Waals surface area contributed by atoms with Crippen molar-refractivity contribution in [3.05, 3.63) is 39.6 Å². The Hall–Kier alpha value is -1.62. The van der Waals surface area contributed by atoms with Crippen molar-refractivity contribution in [1.82, 2.24) is 15.3 Å². The molecule has 90 valence electrons. The predicted molar refractivity (Wildman–Crippen MR) is 68.2 cm³/mol. The lowest BCUT2D eigenvalue weighted by Gasteiger charge is -2.00. The van der Waals surface area contributed by atoms with Crippen LogP contribution in [0.15, 0.2) is 18.5 Å². The van der Waals surface area contributed by atoms with E-state index in [0.29, 0.717) is 6.54 Å². The average molecular weight is 249 g/mol. The van der Waals surface area contributed by atoms with E-state index in [1.54, 1.807) is 23.7 Å². The van der Waals surface area contributed by atoms with Crippen LogP contribution in [-0.4, -0.2) is 15.9 Å². The van der Waals surface area contributed by atoms with Crippen LogP contribution in [0.25, 0.3) is 0 Å². The van der Waals surface area contributed by atoms with Gasteiger partial charge in [0.15, 0.2) is 0 Å². The summed E-state index contributed by atoms with van der Waals surface area (Å²) < 4.78 is 0. The highest BCUT2D eigenvalue weighted by atomic mass is 32.1. The highest BCUT2D eigenvalue weighted by Crippen LogP contribution is 2.22. The fourth-order valence-corrected chi connectivity index (χ4v) is 2.66. The molecule has 0 aliphatic carbocycles. The van der Waals surface area contributed by atoms with Gasteiger partial charge in [0.25, 0.3) is 5.91 Å². The summed E-state index contributed by atoms with van der Waals surface area (Å²) in [5.41, 5.74) is 1.20. The molecule has 17 heavy (non-hydrogen) atoms. The summed E-state index contributed by atoms with van der Waals surface area (Å²) in [4.78, 5) is 20.9. The summed E-state index contributed by atoms with van der Waals surface area (Å²) in [5, 5.41) is 2.84. The lowest BCUT2D eigenvalue weighted by molar-refractivity contribution is 0.0954. The molecule has 5 heteroatoms. The van der Waals surface area contributed by atoms with E-state index in [-0.39, 0.29) is 5.91 Å². The molecule has 2 N–H and O–H groups in total. The van der Waals surface area contributed by atoms with Gasteiger partial charge >= 0.3 is 0 Å². The van der Waals surface area contributed by atoms with E-state index < -0.39 is 0 Å². The van der Waals surface area contributed by atoms with Crippen molar-refractivity contribution in [1.29, 1.82) is 0 Å². The monoisotopic (exact) mass is 249 g/mol. The number of aromatic amines is 1. The van der Waals surface area contributed by atoms with Gasteiger partial charge < -0.3 is 10.3 Å². The third kappa shape index (κ3) is 2.74. The van der Waals surface area contributed by atoms with E-state index >= 15 is 0 Å². The molecular weight excluding hydrogens is 234 g/mol. The molecule has 0 radical (unpaired) electrons. The topological polar surface area (TPSA) is 57.8 Å². The molecule has 0 fully saturated rings. The molecule has 2 aromatic heterocycles. The first kappa shape index (κ1) is 11.9. The Morgan fingerprint density at radius 3 is 3.00 bits per heavy atom. The second-order valence-corrected chi connectivity index (χ2v) is 4.93. The van der Waals surface area contributed by atoms with Crippen molar-refractivity contribution in [3.63, 3.8) is 0 Å². The van der Waals surface area contributed by atoms with Crippen molar-refractivity contribution in [2.45, 2.75) is 26.8 Å². The number of aryl methyl sites for hydroxylation is 2. The van der Waals surface area contributed by atoms with Crippen LogP contribution in [0.1, 0.15) is 32.9 Å². The van der Waals surface area contributed by atoms with Crippen molar-refractivity contribution >= 4 is 17.2 Å². The SMILES string of the molecule is CCc1sc(C(=O)NCc2ncc[nH]2)cc1C. The quantitative estimate of drug-likeness (QED) is 0.873. The van der Waals surface area contributed by atoms with Crippen LogP contribution < -0.4 is 5.32 Å². The fourth-order valence-electron chi connectivity index (χ4n) is 1.63. The Bertz CT molecular complexity index is 502. The van der Waals surface area contributed by atoms with E-state index in [4.69, 9.17) is 0 Å². The maximum absolute atomic E-state index is 11.9. The summed E-state index contributed by atoms with van der Waals surface area (Å²) in [5.74, 6) is 0.733. The van der Waals surface area contributed by atoms with Crippen LogP contribution in [-0.2, 0) is 13.0 Å². The van der Waals surface area contributed by atoms with Gasteiger partial charge in [-0.3, -0.25) is 4.79 Å². The lowest BCUT2D eigenvalue weighted by atomic mass is 10.2. The minimum absolute atomic E-state index is 0.0331.